The molecule has 30 heavy (non-hydrogen) atoms. The molecular formula is C24H28N4O2. The van der Waals surface area contributed by atoms with Gasteiger partial charge in [0.05, 0.1) is 13.2 Å². The molecule has 156 valence electrons. The third kappa shape index (κ3) is 4.05. The quantitative estimate of drug-likeness (QED) is 0.625. The van der Waals surface area contributed by atoms with Crippen LogP contribution in [0.4, 0.5) is 0 Å². The van der Waals surface area contributed by atoms with Crippen molar-refractivity contribution in [1.82, 2.24) is 19.7 Å². The predicted octanol–water partition coefficient (Wildman–Crippen LogP) is 3.82. The van der Waals surface area contributed by atoms with Crippen LogP contribution >= 0.6 is 0 Å². The molecule has 3 heterocycles. The second-order valence-corrected chi connectivity index (χ2v) is 8.41. The largest absolute Gasteiger partial charge is 0.497 e. The van der Waals surface area contributed by atoms with Crippen LogP contribution in [0.15, 0.2) is 67.1 Å². The number of hydrogen-bond donors (Lipinski definition) is 0. The van der Waals surface area contributed by atoms with Crippen molar-refractivity contribution in [2.24, 2.45) is 11.8 Å². The molecule has 0 spiro atoms. The van der Waals surface area contributed by atoms with Crippen LogP contribution in [-0.2, 0) is 6.54 Å². The summed E-state index contributed by atoms with van der Waals surface area (Å²) in [5.74, 6) is 2.92. The monoisotopic (exact) mass is 404 g/mol. The van der Waals surface area contributed by atoms with E-state index in [1.54, 1.807) is 13.3 Å². The minimum atomic E-state index is 0.0852. The number of ether oxygens (including phenoxy) is 2. The van der Waals surface area contributed by atoms with Gasteiger partial charge in [0.1, 0.15) is 11.9 Å². The standard InChI is InChI=1S/C24H28N4O2/c1-29-21-8-6-18(7-9-21)15-27-16-19-13-22(28-12-4-11-26-28)23(14-20(19)17-27)30-24-5-2-3-10-25-24/h2-12,19-20,22-23H,13-17H2,1H3/t19-,20+,22-,23-/m0/s1. The van der Waals surface area contributed by atoms with Gasteiger partial charge in [0.15, 0.2) is 0 Å². The lowest BCUT2D eigenvalue weighted by Gasteiger charge is -2.37. The van der Waals surface area contributed by atoms with Gasteiger partial charge in [0.25, 0.3) is 0 Å². The molecule has 1 aromatic carbocycles. The summed E-state index contributed by atoms with van der Waals surface area (Å²) in [6, 6.07) is 16.5. The fraction of sp³-hybridized carbons (Fsp3) is 0.417. The number of hydrogen-bond acceptors (Lipinski definition) is 5. The highest BCUT2D eigenvalue weighted by atomic mass is 16.5. The molecule has 6 nitrogen and oxygen atoms in total. The van der Waals surface area contributed by atoms with Gasteiger partial charge < -0.3 is 9.47 Å². The Labute approximate surface area is 177 Å². The van der Waals surface area contributed by atoms with Crippen molar-refractivity contribution in [3.05, 3.63) is 72.7 Å². The molecule has 2 aromatic heterocycles. The van der Waals surface area contributed by atoms with Gasteiger partial charge in [-0.1, -0.05) is 18.2 Å². The van der Waals surface area contributed by atoms with Crippen molar-refractivity contribution in [3.8, 4) is 11.6 Å². The zero-order valence-corrected chi connectivity index (χ0v) is 17.3. The Kier molecular flexibility index (Phi) is 5.41. The summed E-state index contributed by atoms with van der Waals surface area (Å²) in [5, 5.41) is 4.54. The number of fused-ring (bicyclic) bond motifs is 1. The molecule has 1 aliphatic heterocycles. The summed E-state index contributed by atoms with van der Waals surface area (Å²) in [6.07, 6.45) is 7.91. The first kappa shape index (κ1) is 19.1. The van der Waals surface area contributed by atoms with E-state index in [9.17, 15) is 0 Å². The number of likely N-dealkylation sites (tertiary alicyclic amines) is 1. The van der Waals surface area contributed by atoms with E-state index >= 15 is 0 Å². The Morgan fingerprint density at radius 2 is 1.80 bits per heavy atom. The van der Waals surface area contributed by atoms with E-state index < -0.39 is 0 Å². The van der Waals surface area contributed by atoms with Crippen LogP contribution in [0, 0.1) is 11.8 Å². The average Bonchev–Trinajstić information content (AvgIpc) is 3.44. The van der Waals surface area contributed by atoms with Gasteiger partial charge in [-0.25, -0.2) is 4.98 Å². The molecule has 3 aromatic rings. The van der Waals surface area contributed by atoms with Crippen molar-refractivity contribution in [1.29, 1.82) is 0 Å². The van der Waals surface area contributed by atoms with Gasteiger partial charge in [-0.3, -0.25) is 9.58 Å². The average molecular weight is 405 g/mol. The summed E-state index contributed by atoms with van der Waals surface area (Å²) in [5.41, 5.74) is 1.33. The van der Waals surface area contributed by atoms with Crippen molar-refractivity contribution < 1.29 is 9.47 Å². The number of benzene rings is 1. The number of pyridine rings is 1. The highest BCUT2D eigenvalue weighted by Gasteiger charge is 2.44. The van der Waals surface area contributed by atoms with Crippen LogP contribution in [-0.4, -0.2) is 46.0 Å². The Morgan fingerprint density at radius 3 is 2.50 bits per heavy atom. The van der Waals surface area contributed by atoms with E-state index in [1.807, 2.05) is 42.6 Å². The molecule has 4 atom stereocenters. The molecule has 1 saturated heterocycles. The smallest absolute Gasteiger partial charge is 0.213 e. The van der Waals surface area contributed by atoms with E-state index in [4.69, 9.17) is 9.47 Å². The van der Waals surface area contributed by atoms with Crippen LogP contribution in [0.5, 0.6) is 11.6 Å². The summed E-state index contributed by atoms with van der Waals surface area (Å²) in [4.78, 5) is 6.97. The second-order valence-electron chi connectivity index (χ2n) is 8.41. The van der Waals surface area contributed by atoms with Gasteiger partial charge in [-0.05, 0) is 54.5 Å². The Hall–Kier alpha value is -2.86. The van der Waals surface area contributed by atoms with E-state index in [0.29, 0.717) is 17.7 Å². The highest BCUT2D eigenvalue weighted by molar-refractivity contribution is 5.27. The third-order valence-electron chi connectivity index (χ3n) is 6.50. The second kappa shape index (κ2) is 8.48. The van der Waals surface area contributed by atoms with Crippen molar-refractivity contribution in [3.63, 3.8) is 0 Å². The maximum Gasteiger partial charge on any atom is 0.213 e. The minimum Gasteiger partial charge on any atom is -0.497 e. The molecule has 0 unspecified atom stereocenters. The summed E-state index contributed by atoms with van der Waals surface area (Å²) in [7, 11) is 1.71. The molecule has 1 aliphatic carbocycles. The molecule has 5 rings (SSSR count). The van der Waals surface area contributed by atoms with Crippen molar-refractivity contribution >= 4 is 0 Å². The van der Waals surface area contributed by atoms with E-state index in [1.165, 1.54) is 5.56 Å². The van der Waals surface area contributed by atoms with Crippen LogP contribution in [0.25, 0.3) is 0 Å². The lowest BCUT2D eigenvalue weighted by atomic mass is 9.77. The topological polar surface area (TPSA) is 52.4 Å². The predicted molar refractivity (Wildman–Crippen MR) is 114 cm³/mol. The maximum atomic E-state index is 6.37. The van der Waals surface area contributed by atoms with Gasteiger partial charge >= 0.3 is 0 Å². The van der Waals surface area contributed by atoms with Crippen LogP contribution < -0.4 is 9.47 Å². The molecule has 0 bridgehead atoms. The normalized spacial score (nSPS) is 26.3. The summed E-state index contributed by atoms with van der Waals surface area (Å²) in [6.45, 7) is 3.23. The van der Waals surface area contributed by atoms with Gasteiger partial charge in [-0.15, -0.1) is 0 Å². The van der Waals surface area contributed by atoms with Crippen LogP contribution in [0.3, 0.4) is 0 Å². The fourth-order valence-corrected chi connectivity index (χ4v) is 5.06. The maximum absolute atomic E-state index is 6.37. The van der Waals surface area contributed by atoms with E-state index in [0.717, 1.165) is 38.2 Å². The molecule has 0 N–H and O–H groups in total. The third-order valence-corrected chi connectivity index (χ3v) is 6.50. The zero-order valence-electron chi connectivity index (χ0n) is 17.3. The summed E-state index contributed by atoms with van der Waals surface area (Å²) >= 11 is 0. The zero-order chi connectivity index (χ0) is 20.3. The van der Waals surface area contributed by atoms with Crippen molar-refractivity contribution in [2.75, 3.05) is 20.2 Å². The van der Waals surface area contributed by atoms with E-state index in [2.05, 4.69) is 38.0 Å². The lowest BCUT2D eigenvalue weighted by Crippen LogP contribution is -2.40. The first-order chi connectivity index (χ1) is 14.8. The van der Waals surface area contributed by atoms with Crippen LogP contribution in [0.2, 0.25) is 0 Å². The molecule has 2 aliphatic rings. The number of rotatable bonds is 6. The van der Waals surface area contributed by atoms with Gasteiger partial charge in [-0.2, -0.15) is 5.10 Å². The first-order valence-electron chi connectivity index (χ1n) is 10.7. The number of methoxy groups -OCH3 is 1. The highest BCUT2D eigenvalue weighted by Crippen LogP contribution is 2.42. The molecular weight excluding hydrogens is 376 g/mol. The first-order valence-corrected chi connectivity index (χ1v) is 10.7. The summed E-state index contributed by atoms with van der Waals surface area (Å²) < 4.78 is 13.7. The Balaban J connectivity index is 1.30. The van der Waals surface area contributed by atoms with E-state index in [-0.39, 0.29) is 12.1 Å². The minimum absolute atomic E-state index is 0.0852. The Bertz CT molecular complexity index is 930. The molecule has 0 amide bonds. The number of nitrogens with zero attached hydrogens (tertiary/aromatic N) is 4. The fourth-order valence-electron chi connectivity index (χ4n) is 5.06. The SMILES string of the molecule is COc1ccc(CN2C[C@H]3C[C@H](Oc4ccccn4)[C@@H](n4cccn4)C[C@H]3C2)cc1. The van der Waals surface area contributed by atoms with Crippen LogP contribution in [0.1, 0.15) is 24.4 Å². The molecule has 0 radical (unpaired) electrons. The van der Waals surface area contributed by atoms with Crippen molar-refractivity contribution in [2.45, 2.75) is 31.5 Å². The number of aromatic nitrogens is 3. The van der Waals surface area contributed by atoms with Gasteiger partial charge in [0.2, 0.25) is 5.88 Å². The Morgan fingerprint density at radius 1 is 0.967 bits per heavy atom. The molecule has 6 heteroatoms. The molecule has 2 fully saturated rings. The molecule has 1 saturated carbocycles. The van der Waals surface area contributed by atoms with Gasteiger partial charge in [0, 0.05) is 44.3 Å². The lowest BCUT2D eigenvalue weighted by molar-refractivity contribution is 0.0459.